The SMILES string of the molecule is CN=C(NCCN(C(C)C)C(C)C)N(C)CCC1CCOCC1. The second-order valence-corrected chi connectivity index (χ2v) is 7.17. The van der Waals surface area contributed by atoms with Crippen LogP contribution in [0.2, 0.25) is 0 Å². The van der Waals surface area contributed by atoms with Crippen molar-refractivity contribution in [2.75, 3.05) is 46.9 Å². The highest BCUT2D eigenvalue weighted by Gasteiger charge is 2.16. The van der Waals surface area contributed by atoms with Gasteiger partial charge in [0.05, 0.1) is 0 Å². The van der Waals surface area contributed by atoms with Crippen LogP contribution in [0.5, 0.6) is 0 Å². The van der Waals surface area contributed by atoms with Gasteiger partial charge in [0.2, 0.25) is 0 Å². The lowest BCUT2D eigenvalue weighted by molar-refractivity contribution is 0.0625. The molecule has 1 rings (SSSR count). The minimum Gasteiger partial charge on any atom is -0.381 e. The Balaban J connectivity index is 2.31. The predicted octanol–water partition coefficient (Wildman–Crippen LogP) is 2.43. The summed E-state index contributed by atoms with van der Waals surface area (Å²) in [5.74, 6) is 1.81. The number of ether oxygens (including phenoxy) is 1. The van der Waals surface area contributed by atoms with Crippen molar-refractivity contribution >= 4 is 5.96 Å². The fraction of sp³-hybridized carbons (Fsp3) is 0.944. The molecule has 1 fully saturated rings. The van der Waals surface area contributed by atoms with E-state index in [-0.39, 0.29) is 0 Å². The number of nitrogens with zero attached hydrogens (tertiary/aromatic N) is 3. The van der Waals surface area contributed by atoms with E-state index in [1.165, 1.54) is 19.3 Å². The summed E-state index contributed by atoms with van der Waals surface area (Å²) in [4.78, 5) is 9.18. The van der Waals surface area contributed by atoms with Crippen LogP contribution in [-0.2, 0) is 4.74 Å². The molecule has 0 aromatic heterocycles. The van der Waals surface area contributed by atoms with Gasteiger partial charge in [0.25, 0.3) is 0 Å². The average Bonchev–Trinajstić information content (AvgIpc) is 2.53. The quantitative estimate of drug-likeness (QED) is 0.549. The molecule has 136 valence electrons. The number of hydrogen-bond acceptors (Lipinski definition) is 3. The van der Waals surface area contributed by atoms with Crippen LogP contribution < -0.4 is 5.32 Å². The molecule has 0 atom stereocenters. The Morgan fingerprint density at radius 3 is 2.26 bits per heavy atom. The Kier molecular flexibility index (Phi) is 9.56. The zero-order chi connectivity index (χ0) is 17.2. The lowest BCUT2D eigenvalue weighted by Gasteiger charge is -2.31. The van der Waals surface area contributed by atoms with Gasteiger partial charge in [0.15, 0.2) is 5.96 Å². The van der Waals surface area contributed by atoms with Crippen molar-refractivity contribution in [3.8, 4) is 0 Å². The van der Waals surface area contributed by atoms with Gasteiger partial charge >= 0.3 is 0 Å². The molecule has 0 aliphatic carbocycles. The largest absolute Gasteiger partial charge is 0.381 e. The molecule has 0 aromatic carbocycles. The lowest BCUT2D eigenvalue weighted by Crippen LogP contribution is -2.46. The zero-order valence-corrected chi connectivity index (χ0v) is 16.1. The maximum absolute atomic E-state index is 5.43. The van der Waals surface area contributed by atoms with E-state index in [9.17, 15) is 0 Å². The van der Waals surface area contributed by atoms with Crippen molar-refractivity contribution in [3.63, 3.8) is 0 Å². The van der Waals surface area contributed by atoms with E-state index in [0.717, 1.165) is 44.7 Å². The van der Waals surface area contributed by atoms with Crippen molar-refractivity contribution in [2.24, 2.45) is 10.9 Å². The minimum absolute atomic E-state index is 0.574. The molecule has 0 amide bonds. The van der Waals surface area contributed by atoms with Gasteiger partial charge in [-0.3, -0.25) is 9.89 Å². The van der Waals surface area contributed by atoms with Gasteiger partial charge < -0.3 is 15.0 Å². The molecule has 5 nitrogen and oxygen atoms in total. The van der Waals surface area contributed by atoms with Crippen LogP contribution in [-0.4, -0.2) is 74.8 Å². The minimum atomic E-state index is 0.574. The topological polar surface area (TPSA) is 40.1 Å². The molecule has 1 aliphatic heterocycles. The fourth-order valence-electron chi connectivity index (χ4n) is 3.31. The Morgan fingerprint density at radius 2 is 1.74 bits per heavy atom. The van der Waals surface area contributed by atoms with Gasteiger partial charge in [-0.1, -0.05) is 0 Å². The molecule has 1 N–H and O–H groups in total. The van der Waals surface area contributed by atoms with Crippen LogP contribution in [0.1, 0.15) is 47.0 Å². The second-order valence-electron chi connectivity index (χ2n) is 7.17. The van der Waals surface area contributed by atoms with Crippen LogP contribution in [0.15, 0.2) is 4.99 Å². The molecular formula is C18H38N4O. The standard InChI is InChI=1S/C18H38N4O/c1-15(2)22(16(3)4)12-10-20-18(19-5)21(6)11-7-17-8-13-23-14-9-17/h15-17H,7-14H2,1-6H3,(H,19,20). The average molecular weight is 327 g/mol. The second kappa shape index (κ2) is 10.9. The molecule has 0 unspecified atom stereocenters. The molecule has 1 heterocycles. The molecule has 23 heavy (non-hydrogen) atoms. The smallest absolute Gasteiger partial charge is 0.193 e. The van der Waals surface area contributed by atoms with E-state index < -0.39 is 0 Å². The molecule has 0 radical (unpaired) electrons. The molecule has 0 saturated carbocycles. The summed E-state index contributed by atoms with van der Waals surface area (Å²) in [5.41, 5.74) is 0. The van der Waals surface area contributed by atoms with Crippen molar-refractivity contribution in [3.05, 3.63) is 0 Å². The van der Waals surface area contributed by atoms with Gasteiger partial charge in [-0.15, -0.1) is 0 Å². The highest BCUT2D eigenvalue weighted by molar-refractivity contribution is 5.79. The first-order valence-electron chi connectivity index (χ1n) is 9.21. The number of rotatable bonds is 8. The van der Waals surface area contributed by atoms with Crippen molar-refractivity contribution in [2.45, 2.75) is 59.0 Å². The van der Waals surface area contributed by atoms with Crippen LogP contribution in [0.4, 0.5) is 0 Å². The number of guanidine groups is 1. The van der Waals surface area contributed by atoms with E-state index in [2.05, 4.69) is 54.9 Å². The third-order valence-corrected chi connectivity index (χ3v) is 4.77. The van der Waals surface area contributed by atoms with Gasteiger partial charge in [-0.2, -0.15) is 0 Å². The molecular weight excluding hydrogens is 288 g/mol. The third kappa shape index (κ3) is 7.53. The lowest BCUT2D eigenvalue weighted by atomic mass is 9.96. The van der Waals surface area contributed by atoms with Crippen LogP contribution in [0.3, 0.4) is 0 Å². The molecule has 0 spiro atoms. The van der Waals surface area contributed by atoms with E-state index in [1.54, 1.807) is 0 Å². The van der Waals surface area contributed by atoms with Crippen LogP contribution in [0, 0.1) is 5.92 Å². The summed E-state index contributed by atoms with van der Waals surface area (Å²) in [6, 6.07) is 1.15. The van der Waals surface area contributed by atoms with Gasteiger partial charge in [0.1, 0.15) is 0 Å². The van der Waals surface area contributed by atoms with Gasteiger partial charge in [0, 0.05) is 59.0 Å². The Labute approximate surface area is 143 Å². The summed E-state index contributed by atoms with van der Waals surface area (Å²) < 4.78 is 5.43. The van der Waals surface area contributed by atoms with E-state index in [1.807, 2.05) is 7.05 Å². The number of aliphatic imine (C=N–C) groups is 1. The van der Waals surface area contributed by atoms with Gasteiger partial charge in [-0.05, 0) is 52.9 Å². The first kappa shape index (κ1) is 20.2. The van der Waals surface area contributed by atoms with Crippen molar-refractivity contribution in [1.29, 1.82) is 0 Å². The maximum atomic E-state index is 5.43. The summed E-state index contributed by atoms with van der Waals surface area (Å²) in [7, 11) is 4.01. The Hall–Kier alpha value is -0.810. The number of nitrogens with one attached hydrogen (secondary N) is 1. The molecule has 5 heteroatoms. The normalized spacial score (nSPS) is 17.3. The molecule has 0 bridgehead atoms. The maximum Gasteiger partial charge on any atom is 0.193 e. The van der Waals surface area contributed by atoms with Crippen LogP contribution >= 0.6 is 0 Å². The van der Waals surface area contributed by atoms with Crippen molar-refractivity contribution in [1.82, 2.24) is 15.1 Å². The summed E-state index contributed by atoms with van der Waals surface area (Å²) >= 11 is 0. The van der Waals surface area contributed by atoms with Crippen molar-refractivity contribution < 1.29 is 4.74 Å². The summed E-state index contributed by atoms with van der Waals surface area (Å²) in [6.45, 7) is 13.9. The van der Waals surface area contributed by atoms with Gasteiger partial charge in [-0.25, -0.2) is 0 Å². The first-order valence-corrected chi connectivity index (χ1v) is 9.21. The first-order chi connectivity index (χ1) is 11.0. The van der Waals surface area contributed by atoms with E-state index in [0.29, 0.717) is 12.1 Å². The molecule has 1 aliphatic rings. The fourth-order valence-corrected chi connectivity index (χ4v) is 3.31. The Bertz CT molecular complexity index is 330. The molecule has 1 saturated heterocycles. The van der Waals surface area contributed by atoms with Crippen LogP contribution in [0.25, 0.3) is 0 Å². The monoisotopic (exact) mass is 326 g/mol. The zero-order valence-electron chi connectivity index (χ0n) is 16.1. The van der Waals surface area contributed by atoms with E-state index in [4.69, 9.17) is 4.74 Å². The highest BCUT2D eigenvalue weighted by atomic mass is 16.5. The predicted molar refractivity (Wildman–Crippen MR) is 99.1 cm³/mol. The third-order valence-electron chi connectivity index (χ3n) is 4.77. The number of hydrogen-bond donors (Lipinski definition) is 1. The molecule has 0 aromatic rings. The summed E-state index contributed by atoms with van der Waals surface area (Å²) in [5, 5.41) is 3.51. The Morgan fingerprint density at radius 1 is 1.13 bits per heavy atom. The highest BCUT2D eigenvalue weighted by Crippen LogP contribution is 2.18. The van der Waals surface area contributed by atoms with E-state index >= 15 is 0 Å². The summed E-state index contributed by atoms with van der Waals surface area (Å²) in [6.07, 6.45) is 3.64.